The van der Waals surface area contributed by atoms with E-state index < -0.39 is 34.3 Å². The first-order valence-electron chi connectivity index (χ1n) is 12.7. The van der Waals surface area contributed by atoms with Crippen molar-refractivity contribution in [1.82, 2.24) is 10.2 Å². The molecule has 0 aliphatic heterocycles. The number of amides is 2. The van der Waals surface area contributed by atoms with E-state index in [-0.39, 0.29) is 29.2 Å². The maximum Gasteiger partial charge on any atom is 0.244 e. The van der Waals surface area contributed by atoms with E-state index in [0.717, 1.165) is 54.3 Å². The van der Waals surface area contributed by atoms with Crippen molar-refractivity contribution < 1.29 is 22.4 Å². The molecule has 2 amide bonds. The zero-order valence-corrected chi connectivity index (χ0v) is 22.9. The summed E-state index contributed by atoms with van der Waals surface area (Å²) in [6, 6.07) is 12.4. The molecule has 0 heterocycles. The number of benzene rings is 2. The third kappa shape index (κ3) is 8.17. The van der Waals surface area contributed by atoms with E-state index in [1.165, 1.54) is 17.0 Å². The smallest absolute Gasteiger partial charge is 0.244 e. The number of hydrogen-bond donors (Lipinski definition) is 1. The number of rotatable bonds is 11. The lowest BCUT2D eigenvalue weighted by Crippen LogP contribution is -2.54. The lowest BCUT2D eigenvalue weighted by molar-refractivity contribution is -0.140. The molecule has 1 saturated carbocycles. The van der Waals surface area contributed by atoms with Gasteiger partial charge in [0.2, 0.25) is 21.8 Å². The van der Waals surface area contributed by atoms with Gasteiger partial charge in [-0.15, -0.1) is 0 Å². The number of carbonyl (C=O) groups excluding carboxylic acids is 2. The predicted octanol–water partition coefficient (Wildman–Crippen LogP) is 4.54. The molecular weight excluding hydrogens is 517 g/mol. The molecule has 0 bridgehead atoms. The van der Waals surface area contributed by atoms with E-state index in [4.69, 9.17) is 11.6 Å². The van der Waals surface area contributed by atoms with E-state index in [2.05, 4.69) is 5.32 Å². The molecule has 1 atom stereocenters. The number of carbonyl (C=O) groups is 2. The second kappa shape index (κ2) is 13.2. The average Bonchev–Trinajstić information content (AvgIpc) is 2.87. The number of hydrogen-bond acceptors (Lipinski definition) is 4. The third-order valence-corrected chi connectivity index (χ3v) is 8.12. The number of anilines is 1. The molecule has 37 heavy (non-hydrogen) atoms. The van der Waals surface area contributed by atoms with Gasteiger partial charge >= 0.3 is 0 Å². The van der Waals surface area contributed by atoms with Crippen LogP contribution in [0.2, 0.25) is 5.02 Å². The van der Waals surface area contributed by atoms with Crippen LogP contribution in [0.3, 0.4) is 0 Å². The first-order valence-corrected chi connectivity index (χ1v) is 14.9. The van der Waals surface area contributed by atoms with Crippen LogP contribution in [0.25, 0.3) is 0 Å². The first-order chi connectivity index (χ1) is 17.6. The zero-order chi connectivity index (χ0) is 27.0. The molecule has 3 rings (SSSR count). The molecule has 1 N–H and O–H groups in total. The number of halogens is 2. The highest BCUT2D eigenvalue weighted by Crippen LogP contribution is 2.25. The van der Waals surface area contributed by atoms with Gasteiger partial charge in [-0.25, -0.2) is 12.8 Å². The molecule has 7 nitrogen and oxygen atoms in total. The van der Waals surface area contributed by atoms with E-state index in [1.54, 1.807) is 0 Å². The van der Waals surface area contributed by atoms with Crippen molar-refractivity contribution in [3.05, 3.63) is 64.9 Å². The number of nitrogens with zero attached hydrogens (tertiary/aromatic N) is 2. The lowest BCUT2D eigenvalue weighted by Gasteiger charge is -2.34. The minimum absolute atomic E-state index is 0.0740. The van der Waals surface area contributed by atoms with Crippen LogP contribution in [-0.4, -0.2) is 56.6 Å². The molecule has 1 aliphatic rings. The van der Waals surface area contributed by atoms with Crippen LogP contribution < -0.4 is 9.62 Å². The summed E-state index contributed by atoms with van der Waals surface area (Å²) in [6.45, 7) is 1.53. The van der Waals surface area contributed by atoms with Crippen molar-refractivity contribution >= 4 is 39.1 Å². The minimum atomic E-state index is -3.91. The fraction of sp³-hybridized carbons (Fsp3) is 0.481. The Morgan fingerprint density at radius 2 is 1.78 bits per heavy atom. The third-order valence-electron chi connectivity index (χ3n) is 6.69. The molecule has 0 unspecified atom stereocenters. The van der Waals surface area contributed by atoms with E-state index >= 15 is 0 Å². The Balaban J connectivity index is 1.87. The van der Waals surface area contributed by atoms with E-state index in [0.29, 0.717) is 12.8 Å². The summed E-state index contributed by atoms with van der Waals surface area (Å²) in [5.41, 5.74) is 1.07. The Labute approximate surface area is 224 Å². The zero-order valence-electron chi connectivity index (χ0n) is 21.3. The van der Waals surface area contributed by atoms with Crippen LogP contribution in [0.4, 0.5) is 10.1 Å². The summed E-state index contributed by atoms with van der Waals surface area (Å²) in [7, 11) is -3.91. The summed E-state index contributed by atoms with van der Waals surface area (Å²) in [5, 5.41) is 2.86. The van der Waals surface area contributed by atoms with Gasteiger partial charge in [0.15, 0.2) is 0 Å². The highest BCUT2D eigenvalue weighted by Gasteiger charge is 2.32. The Bertz CT molecular complexity index is 1170. The molecule has 202 valence electrons. The summed E-state index contributed by atoms with van der Waals surface area (Å²) < 4.78 is 39.9. The summed E-state index contributed by atoms with van der Waals surface area (Å²) in [6.07, 6.45) is 6.94. The number of sulfonamides is 1. The topological polar surface area (TPSA) is 86.8 Å². The van der Waals surface area contributed by atoms with Crippen LogP contribution in [0.5, 0.6) is 0 Å². The molecule has 2 aromatic carbocycles. The van der Waals surface area contributed by atoms with Crippen molar-refractivity contribution in [2.45, 2.75) is 64.0 Å². The van der Waals surface area contributed by atoms with Crippen LogP contribution in [-0.2, 0) is 26.0 Å². The first kappa shape index (κ1) is 28.9. The predicted molar refractivity (Wildman–Crippen MR) is 145 cm³/mol. The Morgan fingerprint density at radius 3 is 2.38 bits per heavy atom. The molecule has 0 spiro atoms. The van der Waals surface area contributed by atoms with Crippen molar-refractivity contribution in [2.75, 3.05) is 23.7 Å². The Hall–Kier alpha value is -2.65. The van der Waals surface area contributed by atoms with Crippen LogP contribution in [0.15, 0.2) is 48.5 Å². The largest absolute Gasteiger partial charge is 0.352 e. The van der Waals surface area contributed by atoms with Gasteiger partial charge < -0.3 is 10.2 Å². The van der Waals surface area contributed by atoms with Crippen LogP contribution in [0, 0.1) is 5.82 Å². The van der Waals surface area contributed by atoms with Crippen molar-refractivity contribution in [3.8, 4) is 0 Å². The SMILES string of the molecule is CC[C@H](C(=O)NC1CCCCC1)N(CCc1ccccc1)C(=O)CN(c1ccc(F)c(Cl)c1)S(C)(=O)=O. The molecule has 0 aromatic heterocycles. The van der Waals surface area contributed by atoms with Gasteiger partial charge in [-0.2, -0.15) is 0 Å². The quantitative estimate of drug-likeness (QED) is 0.444. The molecular formula is C27H35ClFN3O4S. The Kier molecular flexibility index (Phi) is 10.3. The second-order valence-electron chi connectivity index (χ2n) is 9.46. The molecule has 0 radical (unpaired) electrons. The van der Waals surface area contributed by atoms with Crippen molar-refractivity contribution in [2.24, 2.45) is 0 Å². The summed E-state index contributed by atoms with van der Waals surface area (Å²) in [4.78, 5) is 28.5. The highest BCUT2D eigenvalue weighted by atomic mass is 35.5. The summed E-state index contributed by atoms with van der Waals surface area (Å²) >= 11 is 5.89. The van der Waals surface area contributed by atoms with Gasteiger partial charge in [-0.1, -0.05) is 68.1 Å². The van der Waals surface area contributed by atoms with Gasteiger partial charge in [-0.05, 0) is 49.4 Å². The average molecular weight is 552 g/mol. The molecule has 2 aromatic rings. The molecule has 10 heteroatoms. The standard InChI is InChI=1S/C27H35ClFN3O4S/c1-3-25(27(34)30-21-12-8-5-9-13-21)31(17-16-20-10-6-4-7-11-20)26(33)19-32(37(2,35)36)22-14-15-24(29)23(28)18-22/h4,6-7,10-11,14-15,18,21,25H,3,5,8-9,12-13,16-17,19H2,1-2H3,(H,30,34)/t25-/m1/s1. The van der Waals surface area contributed by atoms with E-state index in [9.17, 15) is 22.4 Å². The summed E-state index contributed by atoms with van der Waals surface area (Å²) in [5.74, 6) is -1.45. The van der Waals surface area contributed by atoms with Crippen molar-refractivity contribution in [1.29, 1.82) is 0 Å². The normalized spacial score (nSPS) is 15.1. The minimum Gasteiger partial charge on any atom is -0.352 e. The lowest BCUT2D eigenvalue weighted by atomic mass is 9.95. The van der Waals surface area contributed by atoms with Gasteiger partial charge in [0.1, 0.15) is 18.4 Å². The maximum absolute atomic E-state index is 13.7. The van der Waals surface area contributed by atoms with Gasteiger partial charge in [0, 0.05) is 12.6 Å². The molecule has 1 aliphatic carbocycles. The van der Waals surface area contributed by atoms with E-state index in [1.807, 2.05) is 37.3 Å². The fourth-order valence-corrected chi connectivity index (χ4v) is 5.71. The maximum atomic E-state index is 13.7. The van der Waals surface area contributed by atoms with Gasteiger partial charge in [0.05, 0.1) is 17.0 Å². The van der Waals surface area contributed by atoms with Gasteiger partial charge in [-0.3, -0.25) is 13.9 Å². The highest BCUT2D eigenvalue weighted by molar-refractivity contribution is 7.92. The number of nitrogens with one attached hydrogen (secondary N) is 1. The molecule has 1 fully saturated rings. The second-order valence-corrected chi connectivity index (χ2v) is 11.8. The monoisotopic (exact) mass is 551 g/mol. The van der Waals surface area contributed by atoms with Crippen molar-refractivity contribution in [3.63, 3.8) is 0 Å². The van der Waals surface area contributed by atoms with Gasteiger partial charge in [0.25, 0.3) is 0 Å². The Morgan fingerprint density at radius 1 is 1.11 bits per heavy atom. The van der Waals surface area contributed by atoms with Crippen LogP contribution in [0.1, 0.15) is 51.0 Å². The molecule has 0 saturated heterocycles. The fourth-order valence-electron chi connectivity index (χ4n) is 4.69. The van der Waals surface area contributed by atoms with Crippen LogP contribution >= 0.6 is 11.6 Å².